The smallest absolute Gasteiger partial charge is 0.323 e. The zero-order valence-corrected chi connectivity index (χ0v) is 11.7. The van der Waals surface area contributed by atoms with E-state index in [-0.39, 0.29) is 0 Å². The van der Waals surface area contributed by atoms with Crippen molar-refractivity contribution in [2.45, 2.75) is 75.4 Å². The summed E-state index contributed by atoms with van der Waals surface area (Å²) in [5.41, 5.74) is -0.637. The van der Waals surface area contributed by atoms with Gasteiger partial charge in [0, 0.05) is 12.1 Å². The number of carbonyl (C=O) groups is 1. The maximum absolute atomic E-state index is 11.8. The summed E-state index contributed by atoms with van der Waals surface area (Å²) in [4.78, 5) is 14.3. The topological polar surface area (TPSA) is 52.6 Å². The predicted molar refractivity (Wildman–Crippen MR) is 74.2 cm³/mol. The van der Waals surface area contributed by atoms with E-state index in [9.17, 15) is 9.90 Å². The molecule has 19 heavy (non-hydrogen) atoms. The zero-order valence-electron chi connectivity index (χ0n) is 11.7. The van der Waals surface area contributed by atoms with Crippen LogP contribution in [0.5, 0.6) is 0 Å². The Bertz CT molecular complexity index is 337. The van der Waals surface area contributed by atoms with Gasteiger partial charge in [-0.15, -0.1) is 0 Å². The molecule has 3 fully saturated rings. The molecule has 0 radical (unpaired) electrons. The zero-order chi connectivity index (χ0) is 13.3. The van der Waals surface area contributed by atoms with Crippen LogP contribution in [0, 0.1) is 0 Å². The summed E-state index contributed by atoms with van der Waals surface area (Å²) in [6.07, 6.45) is 10.1. The second kappa shape index (κ2) is 5.41. The maximum atomic E-state index is 11.8. The number of hydrogen-bond donors (Lipinski definition) is 2. The van der Waals surface area contributed by atoms with Gasteiger partial charge in [0.1, 0.15) is 5.54 Å². The number of nitrogens with zero attached hydrogens (tertiary/aromatic N) is 1. The SMILES string of the molecule is O=C(O)C1(NC2CC2)CCCC(N2CCCCC2)C1. The van der Waals surface area contributed by atoms with Crippen LogP contribution in [-0.4, -0.2) is 46.7 Å². The number of nitrogens with one attached hydrogen (secondary N) is 1. The molecule has 0 spiro atoms. The third kappa shape index (κ3) is 2.95. The van der Waals surface area contributed by atoms with Gasteiger partial charge < -0.3 is 10.0 Å². The summed E-state index contributed by atoms with van der Waals surface area (Å²) in [5, 5.41) is 13.1. The number of piperidine rings is 1. The van der Waals surface area contributed by atoms with Gasteiger partial charge >= 0.3 is 5.97 Å². The third-order valence-electron chi connectivity index (χ3n) is 5.10. The monoisotopic (exact) mass is 266 g/mol. The van der Waals surface area contributed by atoms with Gasteiger partial charge in [-0.05, 0) is 64.5 Å². The molecule has 1 heterocycles. The van der Waals surface area contributed by atoms with Crippen LogP contribution in [0.4, 0.5) is 0 Å². The Balaban J connectivity index is 1.68. The molecule has 108 valence electrons. The molecule has 3 rings (SSSR count). The lowest BCUT2D eigenvalue weighted by molar-refractivity contribution is -0.147. The van der Waals surface area contributed by atoms with E-state index in [1.165, 1.54) is 38.8 Å². The molecule has 1 aliphatic heterocycles. The van der Waals surface area contributed by atoms with Gasteiger partial charge in [-0.25, -0.2) is 0 Å². The molecular formula is C15H26N2O2. The average molecular weight is 266 g/mol. The predicted octanol–water partition coefficient (Wildman–Crippen LogP) is 1.99. The number of aliphatic carboxylic acids is 1. The summed E-state index contributed by atoms with van der Waals surface area (Å²) in [7, 11) is 0. The maximum Gasteiger partial charge on any atom is 0.323 e. The average Bonchev–Trinajstić information content (AvgIpc) is 3.24. The fraction of sp³-hybridized carbons (Fsp3) is 0.933. The molecule has 0 amide bonds. The molecule has 1 saturated heterocycles. The Labute approximate surface area is 115 Å². The Morgan fingerprint density at radius 3 is 2.47 bits per heavy atom. The van der Waals surface area contributed by atoms with E-state index in [0.717, 1.165) is 32.1 Å². The van der Waals surface area contributed by atoms with E-state index >= 15 is 0 Å². The highest BCUT2D eigenvalue weighted by molar-refractivity contribution is 5.79. The number of hydrogen-bond acceptors (Lipinski definition) is 3. The molecular weight excluding hydrogens is 240 g/mol. The first-order valence-corrected chi connectivity index (χ1v) is 7.95. The largest absolute Gasteiger partial charge is 0.480 e. The first-order chi connectivity index (χ1) is 9.20. The van der Waals surface area contributed by atoms with Crippen molar-refractivity contribution in [2.75, 3.05) is 13.1 Å². The second-order valence-electron chi connectivity index (χ2n) is 6.65. The van der Waals surface area contributed by atoms with Crippen molar-refractivity contribution in [1.82, 2.24) is 10.2 Å². The quantitative estimate of drug-likeness (QED) is 0.817. The highest BCUT2D eigenvalue weighted by Gasteiger charge is 2.46. The lowest BCUT2D eigenvalue weighted by atomic mass is 9.77. The van der Waals surface area contributed by atoms with E-state index in [1.807, 2.05) is 0 Å². The Hall–Kier alpha value is -0.610. The lowest BCUT2D eigenvalue weighted by Gasteiger charge is -2.44. The van der Waals surface area contributed by atoms with E-state index in [4.69, 9.17) is 0 Å². The molecule has 0 aromatic rings. The molecule has 2 saturated carbocycles. The molecule has 2 N–H and O–H groups in total. The highest BCUT2D eigenvalue weighted by Crippen LogP contribution is 2.35. The third-order valence-corrected chi connectivity index (χ3v) is 5.10. The van der Waals surface area contributed by atoms with Gasteiger partial charge in [0.05, 0.1) is 0 Å². The Morgan fingerprint density at radius 1 is 1.11 bits per heavy atom. The molecule has 2 atom stereocenters. The molecule has 2 unspecified atom stereocenters. The van der Waals surface area contributed by atoms with Crippen LogP contribution >= 0.6 is 0 Å². The minimum Gasteiger partial charge on any atom is -0.480 e. The van der Waals surface area contributed by atoms with Crippen LogP contribution in [0.1, 0.15) is 57.8 Å². The van der Waals surface area contributed by atoms with Crippen molar-refractivity contribution in [1.29, 1.82) is 0 Å². The molecule has 0 aromatic heterocycles. The molecule has 4 nitrogen and oxygen atoms in total. The minimum absolute atomic E-state index is 0.469. The fourth-order valence-electron chi connectivity index (χ4n) is 3.85. The van der Waals surface area contributed by atoms with Crippen LogP contribution in [-0.2, 0) is 4.79 Å². The standard InChI is InChI=1S/C15H26N2O2/c18-14(19)15(16-12-6-7-12)8-4-5-13(11-15)17-9-2-1-3-10-17/h12-13,16H,1-11H2,(H,18,19). The Kier molecular flexibility index (Phi) is 3.81. The number of likely N-dealkylation sites (tertiary alicyclic amines) is 1. The van der Waals surface area contributed by atoms with Crippen molar-refractivity contribution < 1.29 is 9.90 Å². The highest BCUT2D eigenvalue weighted by atomic mass is 16.4. The summed E-state index contributed by atoms with van der Waals surface area (Å²) in [6, 6.07) is 0.951. The number of carboxylic acid groups (broad SMARTS) is 1. The normalized spacial score (nSPS) is 37.2. The van der Waals surface area contributed by atoms with Crippen molar-refractivity contribution in [2.24, 2.45) is 0 Å². The van der Waals surface area contributed by atoms with Crippen molar-refractivity contribution in [3.8, 4) is 0 Å². The Morgan fingerprint density at radius 2 is 1.84 bits per heavy atom. The van der Waals surface area contributed by atoms with Crippen molar-refractivity contribution in [3.63, 3.8) is 0 Å². The van der Waals surface area contributed by atoms with Crippen LogP contribution in [0.25, 0.3) is 0 Å². The minimum atomic E-state index is -0.637. The van der Waals surface area contributed by atoms with Gasteiger partial charge in [-0.3, -0.25) is 10.1 Å². The molecule has 2 aliphatic carbocycles. The van der Waals surface area contributed by atoms with E-state index in [2.05, 4.69) is 10.2 Å². The molecule has 0 aromatic carbocycles. The number of rotatable bonds is 4. The second-order valence-corrected chi connectivity index (χ2v) is 6.65. The van der Waals surface area contributed by atoms with Gasteiger partial charge in [0.2, 0.25) is 0 Å². The van der Waals surface area contributed by atoms with E-state index in [1.54, 1.807) is 0 Å². The lowest BCUT2D eigenvalue weighted by Crippen LogP contribution is -2.59. The van der Waals surface area contributed by atoms with Crippen molar-refractivity contribution >= 4 is 5.97 Å². The summed E-state index contributed by atoms with van der Waals surface area (Å²) in [5.74, 6) is -0.624. The van der Waals surface area contributed by atoms with Gasteiger partial charge in [0.25, 0.3) is 0 Å². The van der Waals surface area contributed by atoms with E-state index < -0.39 is 11.5 Å². The van der Waals surface area contributed by atoms with Gasteiger partial charge in [-0.1, -0.05) is 6.42 Å². The summed E-state index contributed by atoms with van der Waals surface area (Å²) >= 11 is 0. The first-order valence-electron chi connectivity index (χ1n) is 7.95. The van der Waals surface area contributed by atoms with E-state index in [0.29, 0.717) is 12.1 Å². The van der Waals surface area contributed by atoms with Crippen LogP contribution in [0.2, 0.25) is 0 Å². The fourth-order valence-corrected chi connectivity index (χ4v) is 3.85. The van der Waals surface area contributed by atoms with Gasteiger partial charge in [0.15, 0.2) is 0 Å². The van der Waals surface area contributed by atoms with Crippen LogP contribution < -0.4 is 5.32 Å². The molecule has 0 bridgehead atoms. The first kappa shape index (κ1) is 13.4. The summed E-state index contributed by atoms with van der Waals surface area (Å²) < 4.78 is 0. The van der Waals surface area contributed by atoms with Gasteiger partial charge in [-0.2, -0.15) is 0 Å². The summed E-state index contributed by atoms with van der Waals surface area (Å²) in [6.45, 7) is 2.34. The van der Waals surface area contributed by atoms with Crippen LogP contribution in [0.3, 0.4) is 0 Å². The number of carboxylic acids is 1. The molecule has 4 heteroatoms. The molecule has 3 aliphatic rings. The van der Waals surface area contributed by atoms with Crippen LogP contribution in [0.15, 0.2) is 0 Å². The van der Waals surface area contributed by atoms with Crippen molar-refractivity contribution in [3.05, 3.63) is 0 Å².